The highest BCUT2D eigenvalue weighted by Gasteiger charge is 2.18. The quantitative estimate of drug-likeness (QED) is 0.453. The summed E-state index contributed by atoms with van der Waals surface area (Å²) in [7, 11) is 0. The van der Waals surface area contributed by atoms with E-state index in [9.17, 15) is 0 Å². The van der Waals surface area contributed by atoms with Gasteiger partial charge >= 0.3 is 0 Å². The van der Waals surface area contributed by atoms with Crippen molar-refractivity contribution in [3.8, 4) is 0 Å². The monoisotopic (exact) mass is 293 g/mol. The molecule has 0 radical (unpaired) electrons. The van der Waals surface area contributed by atoms with Gasteiger partial charge in [0.2, 0.25) is 0 Å². The van der Waals surface area contributed by atoms with Crippen molar-refractivity contribution < 1.29 is 0 Å². The first-order chi connectivity index (χ1) is 9.90. The molecule has 0 aromatic carbocycles. The normalized spacial score (nSPS) is 14.8. The SMILES string of the molecule is CCCCCCCCCCCCN1Cc2cscc2C1. The number of fused-ring (bicyclic) bond motifs is 1. The van der Waals surface area contributed by atoms with Gasteiger partial charge in [0.15, 0.2) is 0 Å². The summed E-state index contributed by atoms with van der Waals surface area (Å²) in [4.78, 5) is 2.61. The van der Waals surface area contributed by atoms with Gasteiger partial charge in [0.1, 0.15) is 0 Å². The molecule has 0 bridgehead atoms. The van der Waals surface area contributed by atoms with E-state index in [0.29, 0.717) is 0 Å². The van der Waals surface area contributed by atoms with E-state index >= 15 is 0 Å². The van der Waals surface area contributed by atoms with Gasteiger partial charge in [-0.2, -0.15) is 11.3 Å². The Hall–Kier alpha value is -0.340. The fourth-order valence-electron chi connectivity index (χ4n) is 3.15. The van der Waals surface area contributed by atoms with Crippen LogP contribution in [0.1, 0.15) is 82.3 Å². The maximum absolute atomic E-state index is 2.61. The molecule has 0 unspecified atom stereocenters. The van der Waals surface area contributed by atoms with Gasteiger partial charge in [-0.15, -0.1) is 0 Å². The molecule has 0 aliphatic carbocycles. The minimum Gasteiger partial charge on any atom is -0.295 e. The molecule has 1 aliphatic rings. The Kier molecular flexibility index (Phi) is 7.67. The Morgan fingerprint density at radius 1 is 0.800 bits per heavy atom. The molecular formula is C18H31NS. The zero-order valence-electron chi connectivity index (χ0n) is 13.2. The highest BCUT2D eigenvalue weighted by Crippen LogP contribution is 2.26. The smallest absolute Gasteiger partial charge is 0.0248 e. The third-order valence-corrected chi connectivity index (χ3v) is 5.29. The highest BCUT2D eigenvalue weighted by molar-refractivity contribution is 7.08. The number of hydrogen-bond acceptors (Lipinski definition) is 2. The molecule has 1 aromatic heterocycles. The Bertz CT molecular complexity index is 338. The first-order valence-electron chi connectivity index (χ1n) is 8.66. The van der Waals surface area contributed by atoms with Crippen LogP contribution in [0.15, 0.2) is 10.8 Å². The van der Waals surface area contributed by atoms with Gasteiger partial charge in [0, 0.05) is 13.1 Å². The average molecular weight is 294 g/mol. The lowest BCUT2D eigenvalue weighted by molar-refractivity contribution is 0.276. The van der Waals surface area contributed by atoms with Crippen molar-refractivity contribution in [1.82, 2.24) is 4.90 Å². The Labute approximate surface area is 129 Å². The predicted molar refractivity (Wildman–Crippen MR) is 90.3 cm³/mol. The van der Waals surface area contributed by atoms with E-state index in [-0.39, 0.29) is 0 Å². The van der Waals surface area contributed by atoms with Gasteiger partial charge in [-0.25, -0.2) is 0 Å². The summed E-state index contributed by atoms with van der Waals surface area (Å²) in [6.45, 7) is 6.00. The maximum Gasteiger partial charge on any atom is 0.0248 e. The third kappa shape index (κ3) is 5.57. The molecule has 0 atom stereocenters. The molecule has 0 N–H and O–H groups in total. The first-order valence-corrected chi connectivity index (χ1v) is 9.60. The van der Waals surface area contributed by atoms with Crippen molar-refractivity contribution in [1.29, 1.82) is 0 Å². The maximum atomic E-state index is 2.61. The molecule has 114 valence electrons. The molecule has 2 heteroatoms. The minimum absolute atomic E-state index is 1.20. The first kappa shape index (κ1) is 16.0. The van der Waals surface area contributed by atoms with Crippen LogP contribution >= 0.6 is 11.3 Å². The topological polar surface area (TPSA) is 3.24 Å². The molecule has 0 saturated heterocycles. The van der Waals surface area contributed by atoms with E-state index in [0.717, 1.165) is 0 Å². The minimum atomic E-state index is 1.20. The standard InChI is InChI=1S/C18H31NS/c1-2-3-4-5-6-7-8-9-10-11-12-19-13-17-15-20-16-18(17)14-19/h15-16H,2-14H2,1H3. The summed E-state index contributed by atoms with van der Waals surface area (Å²) >= 11 is 1.86. The average Bonchev–Trinajstić information content (AvgIpc) is 3.02. The number of nitrogens with zero attached hydrogens (tertiary/aromatic N) is 1. The zero-order valence-corrected chi connectivity index (χ0v) is 14.0. The number of rotatable bonds is 11. The third-order valence-electron chi connectivity index (χ3n) is 4.45. The molecule has 1 aromatic rings. The van der Waals surface area contributed by atoms with Gasteiger partial charge in [-0.3, -0.25) is 4.90 Å². The zero-order chi connectivity index (χ0) is 14.0. The fourth-order valence-corrected chi connectivity index (χ4v) is 3.99. The van der Waals surface area contributed by atoms with E-state index in [4.69, 9.17) is 0 Å². The van der Waals surface area contributed by atoms with E-state index in [1.54, 1.807) is 11.1 Å². The molecule has 0 fully saturated rings. The van der Waals surface area contributed by atoms with Crippen molar-refractivity contribution in [2.45, 2.75) is 84.2 Å². The largest absolute Gasteiger partial charge is 0.295 e. The molecule has 20 heavy (non-hydrogen) atoms. The van der Waals surface area contributed by atoms with Crippen molar-refractivity contribution in [2.75, 3.05) is 6.54 Å². The van der Waals surface area contributed by atoms with Crippen LogP contribution in [-0.4, -0.2) is 11.4 Å². The van der Waals surface area contributed by atoms with E-state index < -0.39 is 0 Å². The van der Waals surface area contributed by atoms with Crippen LogP contribution in [0.5, 0.6) is 0 Å². The summed E-state index contributed by atoms with van der Waals surface area (Å²) in [6, 6.07) is 0. The van der Waals surface area contributed by atoms with Crippen LogP contribution in [-0.2, 0) is 13.1 Å². The molecule has 2 rings (SSSR count). The van der Waals surface area contributed by atoms with Crippen LogP contribution in [0.3, 0.4) is 0 Å². The molecule has 1 aliphatic heterocycles. The highest BCUT2D eigenvalue weighted by atomic mass is 32.1. The van der Waals surface area contributed by atoms with Crippen LogP contribution in [0.25, 0.3) is 0 Å². The Morgan fingerprint density at radius 2 is 1.30 bits per heavy atom. The lowest BCUT2D eigenvalue weighted by Crippen LogP contribution is -2.17. The second-order valence-corrected chi connectivity index (χ2v) is 7.06. The summed E-state index contributed by atoms with van der Waals surface area (Å²) < 4.78 is 0. The van der Waals surface area contributed by atoms with Crippen molar-refractivity contribution >= 4 is 11.3 Å². The van der Waals surface area contributed by atoms with Crippen LogP contribution in [0, 0.1) is 0 Å². The molecule has 0 saturated carbocycles. The van der Waals surface area contributed by atoms with Crippen LogP contribution in [0.2, 0.25) is 0 Å². The number of unbranched alkanes of at least 4 members (excludes halogenated alkanes) is 9. The van der Waals surface area contributed by atoms with Gasteiger partial charge in [0.05, 0.1) is 0 Å². The lowest BCUT2D eigenvalue weighted by atomic mass is 10.1. The lowest BCUT2D eigenvalue weighted by Gasteiger charge is -2.14. The second kappa shape index (κ2) is 9.57. The van der Waals surface area contributed by atoms with E-state index in [1.165, 1.54) is 83.8 Å². The van der Waals surface area contributed by atoms with E-state index in [2.05, 4.69) is 22.6 Å². The summed E-state index contributed by atoms with van der Waals surface area (Å²) in [5.41, 5.74) is 3.17. The summed E-state index contributed by atoms with van der Waals surface area (Å²) in [5, 5.41) is 4.65. The molecular weight excluding hydrogens is 262 g/mol. The Morgan fingerprint density at radius 3 is 1.85 bits per heavy atom. The molecule has 0 spiro atoms. The number of hydrogen-bond donors (Lipinski definition) is 0. The molecule has 0 amide bonds. The predicted octanol–water partition coefficient (Wildman–Crippen LogP) is 5.98. The van der Waals surface area contributed by atoms with Crippen LogP contribution in [0.4, 0.5) is 0 Å². The molecule has 1 nitrogen and oxygen atoms in total. The summed E-state index contributed by atoms with van der Waals surface area (Å²) in [6.07, 6.45) is 14.4. The fraction of sp³-hybridized carbons (Fsp3) is 0.778. The van der Waals surface area contributed by atoms with Gasteiger partial charge in [-0.05, 0) is 34.9 Å². The number of thiophene rings is 1. The second-order valence-electron chi connectivity index (χ2n) is 6.31. The van der Waals surface area contributed by atoms with Crippen molar-refractivity contribution in [3.63, 3.8) is 0 Å². The van der Waals surface area contributed by atoms with Gasteiger partial charge < -0.3 is 0 Å². The van der Waals surface area contributed by atoms with Gasteiger partial charge in [0.25, 0.3) is 0 Å². The summed E-state index contributed by atoms with van der Waals surface area (Å²) in [5.74, 6) is 0. The van der Waals surface area contributed by atoms with Crippen LogP contribution < -0.4 is 0 Å². The van der Waals surface area contributed by atoms with E-state index in [1.807, 2.05) is 11.3 Å². The van der Waals surface area contributed by atoms with Gasteiger partial charge in [-0.1, -0.05) is 64.7 Å². The Balaban J connectivity index is 1.37. The van der Waals surface area contributed by atoms with Crippen molar-refractivity contribution in [3.05, 3.63) is 21.9 Å². The van der Waals surface area contributed by atoms with Crippen molar-refractivity contribution in [2.24, 2.45) is 0 Å². The molecule has 2 heterocycles.